The van der Waals surface area contributed by atoms with Crippen LogP contribution in [-0.2, 0) is 26.1 Å². The molecule has 0 spiro atoms. The number of halogens is 1. The van der Waals surface area contributed by atoms with Gasteiger partial charge >= 0.3 is 0 Å². The van der Waals surface area contributed by atoms with Crippen LogP contribution in [0.2, 0.25) is 0 Å². The zero-order chi connectivity index (χ0) is 31.9. The summed E-state index contributed by atoms with van der Waals surface area (Å²) in [5.41, 5.74) is 5.68. The number of anilines is 1. The van der Waals surface area contributed by atoms with Crippen LogP contribution in [0.1, 0.15) is 45.8 Å². The van der Waals surface area contributed by atoms with Gasteiger partial charge in [0.05, 0.1) is 33.3 Å². The highest BCUT2D eigenvalue weighted by Crippen LogP contribution is 2.37. The van der Waals surface area contributed by atoms with E-state index >= 15 is 0 Å². The first-order valence-electron chi connectivity index (χ1n) is 15.3. The molecule has 10 heteroatoms. The van der Waals surface area contributed by atoms with Crippen LogP contribution in [0.3, 0.4) is 0 Å². The molecule has 8 nitrogen and oxygen atoms in total. The van der Waals surface area contributed by atoms with Crippen molar-refractivity contribution in [1.82, 2.24) is 14.9 Å². The average Bonchev–Trinajstić information content (AvgIpc) is 3.40. The first-order chi connectivity index (χ1) is 21.8. The second-order valence-corrected chi connectivity index (χ2v) is 13.4. The third kappa shape index (κ3) is 8.48. The van der Waals surface area contributed by atoms with Gasteiger partial charge in [0.2, 0.25) is 0 Å². The summed E-state index contributed by atoms with van der Waals surface area (Å²) in [6.45, 7) is 8.41. The Hall–Kier alpha value is -3.34. The van der Waals surface area contributed by atoms with Gasteiger partial charge in [0.25, 0.3) is 0 Å². The number of nitrogens with zero attached hydrogens (tertiary/aromatic N) is 4. The molecule has 1 atom stereocenters. The molecular weight excluding hydrogens is 652 g/mol. The number of piperidine rings is 1. The van der Waals surface area contributed by atoms with Gasteiger partial charge in [-0.3, -0.25) is 9.88 Å². The molecule has 1 saturated heterocycles. The van der Waals surface area contributed by atoms with Gasteiger partial charge in [0.1, 0.15) is 27.6 Å². The molecule has 3 heterocycles. The van der Waals surface area contributed by atoms with E-state index < -0.39 is 0 Å². The minimum absolute atomic E-state index is 0.596. The third-order valence-corrected chi connectivity index (χ3v) is 10.3. The molecule has 0 saturated carbocycles. The normalized spacial score (nSPS) is 15.1. The van der Waals surface area contributed by atoms with Crippen molar-refractivity contribution < 1.29 is 18.9 Å². The first-order valence-corrected chi connectivity index (χ1v) is 16.9. The maximum Gasteiger partial charge on any atom is 0.187 e. The standard InChI is InChI=1S/C35H43BrN4O4S/c1-23-14-26(15-24(2)37-23)16-25-8-7-13-39(19-25)22-33-34(36)38-35(45-33)40(20-27-9-11-29(41-3)17-31(27)43-5)21-28-10-12-30(42-4)18-32(28)44-6/h9-12,14-15,17-18,25H,7-8,13,16,19-22H2,1-6H3/t25-/m1/s1. The van der Waals surface area contributed by atoms with E-state index in [9.17, 15) is 0 Å². The van der Waals surface area contributed by atoms with E-state index in [4.69, 9.17) is 23.9 Å². The number of hydrogen-bond acceptors (Lipinski definition) is 9. The average molecular weight is 696 g/mol. The van der Waals surface area contributed by atoms with Crippen molar-refractivity contribution in [3.8, 4) is 23.0 Å². The number of methoxy groups -OCH3 is 4. The molecule has 0 amide bonds. The Morgan fingerprint density at radius 1 is 0.844 bits per heavy atom. The van der Waals surface area contributed by atoms with Crippen LogP contribution in [-0.4, -0.2) is 56.4 Å². The van der Waals surface area contributed by atoms with Crippen LogP contribution < -0.4 is 23.8 Å². The van der Waals surface area contributed by atoms with Crippen LogP contribution in [0.5, 0.6) is 23.0 Å². The topological polar surface area (TPSA) is 69.2 Å². The Morgan fingerprint density at radius 3 is 2.00 bits per heavy atom. The molecule has 0 bridgehead atoms. The molecule has 5 rings (SSSR count). The number of benzene rings is 2. The molecule has 0 N–H and O–H groups in total. The Bertz CT molecular complexity index is 1520. The quantitative estimate of drug-likeness (QED) is 0.142. The van der Waals surface area contributed by atoms with Crippen LogP contribution in [0, 0.1) is 19.8 Å². The summed E-state index contributed by atoms with van der Waals surface area (Å²) in [6.07, 6.45) is 3.56. The Morgan fingerprint density at radius 2 is 1.44 bits per heavy atom. The zero-order valence-electron chi connectivity index (χ0n) is 27.1. The molecule has 2 aromatic heterocycles. The van der Waals surface area contributed by atoms with Crippen LogP contribution in [0.4, 0.5) is 5.13 Å². The predicted octanol–water partition coefficient (Wildman–Crippen LogP) is 7.61. The van der Waals surface area contributed by atoms with Gasteiger partial charge in [-0.05, 0) is 103 Å². The molecule has 45 heavy (non-hydrogen) atoms. The van der Waals surface area contributed by atoms with Gasteiger partial charge in [-0.2, -0.15) is 0 Å². The van der Waals surface area contributed by atoms with Gasteiger partial charge in [-0.15, -0.1) is 0 Å². The molecular formula is C35H43BrN4O4S. The predicted molar refractivity (Wildman–Crippen MR) is 184 cm³/mol. The number of ether oxygens (including phenoxy) is 4. The van der Waals surface area contributed by atoms with Crippen LogP contribution in [0.25, 0.3) is 0 Å². The monoisotopic (exact) mass is 694 g/mol. The second kappa shape index (κ2) is 15.3. The summed E-state index contributed by atoms with van der Waals surface area (Å²) < 4.78 is 23.3. The maximum absolute atomic E-state index is 5.76. The molecule has 0 unspecified atom stereocenters. The van der Waals surface area contributed by atoms with Crippen LogP contribution >= 0.6 is 27.3 Å². The van der Waals surface area contributed by atoms with Crippen molar-refractivity contribution in [2.24, 2.45) is 5.92 Å². The van der Waals surface area contributed by atoms with Gasteiger partial charge in [0.15, 0.2) is 5.13 Å². The lowest BCUT2D eigenvalue weighted by Gasteiger charge is -2.32. The Kier molecular flexibility index (Phi) is 11.2. The van der Waals surface area contributed by atoms with Crippen molar-refractivity contribution in [1.29, 1.82) is 0 Å². The largest absolute Gasteiger partial charge is 0.497 e. The lowest BCUT2D eigenvalue weighted by atomic mass is 9.91. The number of aromatic nitrogens is 2. The summed E-state index contributed by atoms with van der Waals surface area (Å²) in [7, 11) is 6.71. The smallest absolute Gasteiger partial charge is 0.187 e. The fraction of sp³-hybridized carbons (Fsp3) is 0.429. The van der Waals surface area contributed by atoms with E-state index in [2.05, 4.69) is 68.8 Å². The van der Waals surface area contributed by atoms with Crippen molar-refractivity contribution in [3.05, 3.63) is 86.1 Å². The lowest BCUT2D eigenvalue weighted by Crippen LogP contribution is -2.35. The summed E-state index contributed by atoms with van der Waals surface area (Å²) in [5.74, 6) is 3.69. The highest BCUT2D eigenvalue weighted by Gasteiger charge is 2.24. The number of rotatable bonds is 13. The van der Waals surface area contributed by atoms with Gasteiger partial charge < -0.3 is 23.8 Å². The van der Waals surface area contributed by atoms with E-state index in [-0.39, 0.29) is 0 Å². The lowest BCUT2D eigenvalue weighted by molar-refractivity contribution is 0.168. The molecule has 240 valence electrons. The van der Waals surface area contributed by atoms with Crippen molar-refractivity contribution in [3.63, 3.8) is 0 Å². The first kappa shape index (κ1) is 33.0. The number of pyridine rings is 1. The Balaban J connectivity index is 1.38. The van der Waals surface area contributed by atoms with Crippen molar-refractivity contribution in [2.45, 2.75) is 52.7 Å². The van der Waals surface area contributed by atoms with E-state index in [0.29, 0.717) is 19.0 Å². The fourth-order valence-corrected chi connectivity index (χ4v) is 7.80. The highest BCUT2D eigenvalue weighted by atomic mass is 79.9. The van der Waals surface area contributed by atoms with E-state index in [1.54, 1.807) is 39.8 Å². The van der Waals surface area contributed by atoms with Crippen molar-refractivity contribution in [2.75, 3.05) is 46.4 Å². The molecule has 1 fully saturated rings. The Labute approximate surface area is 279 Å². The van der Waals surface area contributed by atoms with E-state index in [0.717, 1.165) is 81.3 Å². The van der Waals surface area contributed by atoms with E-state index in [1.165, 1.54) is 23.3 Å². The summed E-state index contributed by atoms with van der Waals surface area (Å²) >= 11 is 5.56. The maximum atomic E-state index is 5.76. The molecule has 2 aromatic carbocycles. The molecule has 4 aromatic rings. The molecule has 0 radical (unpaired) electrons. The van der Waals surface area contributed by atoms with Gasteiger partial charge in [0, 0.05) is 60.8 Å². The second-order valence-electron chi connectivity index (χ2n) is 11.6. The van der Waals surface area contributed by atoms with Crippen molar-refractivity contribution >= 4 is 32.4 Å². The number of aryl methyl sites for hydroxylation is 2. The number of likely N-dealkylation sites (tertiary alicyclic amines) is 1. The minimum Gasteiger partial charge on any atom is -0.497 e. The summed E-state index contributed by atoms with van der Waals surface area (Å²) in [6, 6.07) is 16.4. The van der Waals surface area contributed by atoms with Gasteiger partial charge in [-0.25, -0.2) is 4.98 Å². The highest BCUT2D eigenvalue weighted by molar-refractivity contribution is 9.10. The zero-order valence-corrected chi connectivity index (χ0v) is 29.5. The third-order valence-electron chi connectivity index (χ3n) is 8.26. The summed E-state index contributed by atoms with van der Waals surface area (Å²) in [4.78, 5) is 15.7. The number of thiazole rings is 1. The molecule has 0 aliphatic carbocycles. The SMILES string of the molecule is COc1ccc(CN(Cc2ccc(OC)cc2OC)c2nc(Br)c(CN3CCC[C@H](Cc4cc(C)nc(C)c4)C3)s2)c(OC)c1. The van der Waals surface area contributed by atoms with Gasteiger partial charge in [-0.1, -0.05) is 11.3 Å². The van der Waals surface area contributed by atoms with Crippen LogP contribution in [0.15, 0.2) is 53.1 Å². The number of hydrogen-bond donors (Lipinski definition) is 0. The minimum atomic E-state index is 0.596. The molecule has 1 aliphatic heterocycles. The summed E-state index contributed by atoms with van der Waals surface area (Å²) in [5, 5.41) is 0.934. The van der Waals surface area contributed by atoms with E-state index in [1.807, 2.05) is 24.3 Å². The molecule has 1 aliphatic rings. The fourth-order valence-electron chi connectivity index (χ4n) is 6.16.